The molecule has 0 radical (unpaired) electrons. The van der Waals surface area contributed by atoms with Crippen molar-refractivity contribution < 1.29 is 9.21 Å². The third-order valence-electron chi connectivity index (χ3n) is 2.80. The van der Waals surface area contributed by atoms with Crippen LogP contribution in [0, 0.1) is 0 Å². The first-order valence-electron chi connectivity index (χ1n) is 6.04. The first kappa shape index (κ1) is 14.0. The second-order valence-corrected chi connectivity index (χ2v) is 6.10. The zero-order valence-corrected chi connectivity index (χ0v) is 13.1. The summed E-state index contributed by atoms with van der Waals surface area (Å²) in [6, 6.07) is 10.6. The fourth-order valence-corrected chi connectivity index (χ4v) is 2.68. The molecular formula is C14H9BrN2O3S. The van der Waals surface area contributed by atoms with E-state index in [1.165, 1.54) is 11.3 Å². The molecule has 106 valence electrons. The van der Waals surface area contributed by atoms with Gasteiger partial charge in [0.05, 0.1) is 4.88 Å². The first-order chi connectivity index (χ1) is 10.1. The van der Waals surface area contributed by atoms with Crippen LogP contribution in [-0.2, 0) is 6.54 Å². The highest BCUT2D eigenvalue weighted by Gasteiger charge is 2.14. The predicted molar refractivity (Wildman–Crippen MR) is 82.5 cm³/mol. The van der Waals surface area contributed by atoms with Crippen LogP contribution in [0.2, 0.25) is 0 Å². The van der Waals surface area contributed by atoms with Crippen LogP contribution in [0.3, 0.4) is 0 Å². The lowest BCUT2D eigenvalue weighted by molar-refractivity contribution is 0.0965. The molecule has 5 nitrogen and oxygen atoms in total. The second-order valence-electron chi connectivity index (χ2n) is 4.24. The summed E-state index contributed by atoms with van der Waals surface area (Å²) in [4.78, 5) is 24.6. The normalized spacial score (nSPS) is 10.7. The summed E-state index contributed by atoms with van der Waals surface area (Å²) >= 11 is 4.72. The Morgan fingerprint density at radius 3 is 2.71 bits per heavy atom. The summed E-state index contributed by atoms with van der Waals surface area (Å²) in [6.45, 7) is -0.144. The summed E-state index contributed by atoms with van der Waals surface area (Å²) in [5.41, 5.74) is 0.519. The molecule has 0 amide bonds. The average molecular weight is 365 g/mol. The van der Waals surface area contributed by atoms with E-state index in [-0.39, 0.29) is 18.2 Å². The Labute approximate surface area is 132 Å². The maximum absolute atomic E-state index is 12.1. The topological polar surface area (TPSA) is 65.1 Å². The molecule has 3 rings (SSSR count). The SMILES string of the molecule is O=C(Cn1nc(-c2cccs2)oc1=O)c1ccc(Br)cc1. The zero-order valence-electron chi connectivity index (χ0n) is 10.7. The maximum atomic E-state index is 12.1. The van der Waals surface area contributed by atoms with Gasteiger partial charge in [0.25, 0.3) is 5.89 Å². The smallest absolute Gasteiger partial charge is 0.387 e. The van der Waals surface area contributed by atoms with Crippen molar-refractivity contribution in [3.05, 3.63) is 62.4 Å². The number of rotatable bonds is 4. The van der Waals surface area contributed by atoms with Crippen LogP contribution < -0.4 is 5.76 Å². The van der Waals surface area contributed by atoms with Crippen LogP contribution in [-0.4, -0.2) is 15.6 Å². The van der Waals surface area contributed by atoms with Gasteiger partial charge >= 0.3 is 5.76 Å². The molecule has 0 saturated carbocycles. The molecule has 21 heavy (non-hydrogen) atoms. The number of ketones is 1. The molecule has 2 heterocycles. The molecule has 0 fully saturated rings. The monoisotopic (exact) mass is 364 g/mol. The number of hydrogen-bond acceptors (Lipinski definition) is 5. The Kier molecular flexibility index (Phi) is 3.85. The van der Waals surface area contributed by atoms with Crippen LogP contribution in [0.4, 0.5) is 0 Å². The standard InChI is InChI=1S/C14H9BrN2O3S/c15-10-5-3-9(4-6-10)11(18)8-17-14(19)20-13(16-17)12-2-1-7-21-12/h1-7H,8H2. The Morgan fingerprint density at radius 2 is 2.05 bits per heavy atom. The van der Waals surface area contributed by atoms with E-state index in [9.17, 15) is 9.59 Å². The van der Waals surface area contributed by atoms with Gasteiger partial charge in [0.2, 0.25) is 0 Å². The Balaban J connectivity index is 1.83. The van der Waals surface area contributed by atoms with Crippen LogP contribution in [0.5, 0.6) is 0 Å². The fourth-order valence-electron chi connectivity index (χ4n) is 1.77. The van der Waals surface area contributed by atoms with Gasteiger partial charge in [0, 0.05) is 10.0 Å². The quantitative estimate of drug-likeness (QED) is 0.666. The van der Waals surface area contributed by atoms with Crippen molar-refractivity contribution in [1.29, 1.82) is 0 Å². The molecule has 0 aliphatic rings. The second kappa shape index (κ2) is 5.79. The number of nitrogens with zero attached hydrogens (tertiary/aromatic N) is 2. The molecule has 3 aromatic rings. The van der Waals surface area contributed by atoms with E-state index in [0.29, 0.717) is 5.56 Å². The zero-order chi connectivity index (χ0) is 14.8. The van der Waals surface area contributed by atoms with Crippen LogP contribution >= 0.6 is 27.3 Å². The molecule has 7 heteroatoms. The number of thiophene rings is 1. The number of aromatic nitrogens is 2. The minimum Gasteiger partial charge on any atom is -0.387 e. The third-order valence-corrected chi connectivity index (χ3v) is 4.18. The molecule has 0 bridgehead atoms. The Bertz CT molecular complexity index is 819. The van der Waals surface area contributed by atoms with E-state index in [1.54, 1.807) is 30.3 Å². The highest BCUT2D eigenvalue weighted by molar-refractivity contribution is 9.10. The van der Waals surface area contributed by atoms with E-state index >= 15 is 0 Å². The molecule has 0 aliphatic carbocycles. The molecule has 0 atom stereocenters. The van der Waals surface area contributed by atoms with Crippen molar-refractivity contribution in [3.63, 3.8) is 0 Å². The number of carbonyl (C=O) groups excluding carboxylic acids is 1. The predicted octanol–water partition coefficient (Wildman–Crippen LogP) is 3.21. The molecule has 0 unspecified atom stereocenters. The lowest BCUT2D eigenvalue weighted by atomic mass is 10.1. The van der Waals surface area contributed by atoms with Crippen molar-refractivity contribution in [2.45, 2.75) is 6.54 Å². The number of hydrogen-bond donors (Lipinski definition) is 0. The van der Waals surface area contributed by atoms with Crippen molar-refractivity contribution in [3.8, 4) is 10.8 Å². The lowest BCUT2D eigenvalue weighted by Crippen LogP contribution is -2.21. The van der Waals surface area contributed by atoms with Gasteiger partial charge in [-0.15, -0.1) is 16.4 Å². The van der Waals surface area contributed by atoms with Crippen LogP contribution in [0.25, 0.3) is 10.8 Å². The average Bonchev–Trinajstić information content (AvgIpc) is 3.10. The summed E-state index contributed by atoms with van der Waals surface area (Å²) in [6.07, 6.45) is 0. The summed E-state index contributed by atoms with van der Waals surface area (Å²) in [5, 5.41) is 5.92. The molecule has 0 aliphatic heterocycles. The molecule has 1 aromatic carbocycles. The van der Waals surface area contributed by atoms with Crippen molar-refractivity contribution in [2.75, 3.05) is 0 Å². The van der Waals surface area contributed by atoms with Gasteiger partial charge in [-0.05, 0) is 23.6 Å². The summed E-state index contributed by atoms with van der Waals surface area (Å²) in [5.74, 6) is -0.599. The van der Waals surface area contributed by atoms with Crippen LogP contribution in [0.1, 0.15) is 10.4 Å². The maximum Gasteiger partial charge on any atom is 0.437 e. The van der Waals surface area contributed by atoms with Gasteiger partial charge in [-0.25, -0.2) is 4.79 Å². The van der Waals surface area contributed by atoms with E-state index in [2.05, 4.69) is 21.0 Å². The van der Waals surface area contributed by atoms with Crippen molar-refractivity contribution in [2.24, 2.45) is 0 Å². The number of halogens is 1. The molecular weight excluding hydrogens is 356 g/mol. The van der Waals surface area contributed by atoms with Gasteiger partial charge < -0.3 is 4.42 Å². The van der Waals surface area contributed by atoms with Crippen molar-refractivity contribution >= 4 is 33.0 Å². The van der Waals surface area contributed by atoms with Crippen molar-refractivity contribution in [1.82, 2.24) is 9.78 Å². The number of carbonyl (C=O) groups is 1. The van der Waals surface area contributed by atoms with Gasteiger partial charge in [0.15, 0.2) is 5.78 Å². The van der Waals surface area contributed by atoms with Gasteiger partial charge in [-0.2, -0.15) is 4.68 Å². The van der Waals surface area contributed by atoms with E-state index < -0.39 is 5.76 Å². The Morgan fingerprint density at radius 1 is 1.29 bits per heavy atom. The van der Waals surface area contributed by atoms with Crippen LogP contribution in [0.15, 0.2) is 55.5 Å². The highest BCUT2D eigenvalue weighted by Crippen LogP contribution is 2.21. The third kappa shape index (κ3) is 3.03. The van der Waals surface area contributed by atoms with E-state index in [0.717, 1.165) is 14.0 Å². The number of Topliss-reactive ketones (excluding diaryl/α,β-unsaturated/α-hetero) is 1. The van der Waals surface area contributed by atoms with Gasteiger partial charge in [0.1, 0.15) is 6.54 Å². The molecule has 0 spiro atoms. The van der Waals surface area contributed by atoms with Gasteiger partial charge in [-0.1, -0.05) is 34.1 Å². The highest BCUT2D eigenvalue weighted by atomic mass is 79.9. The Hall–Kier alpha value is -1.99. The lowest BCUT2D eigenvalue weighted by Gasteiger charge is -1.99. The van der Waals surface area contributed by atoms with E-state index in [4.69, 9.17) is 4.42 Å². The fraction of sp³-hybridized carbons (Fsp3) is 0.0714. The first-order valence-corrected chi connectivity index (χ1v) is 7.71. The van der Waals surface area contributed by atoms with Gasteiger partial charge in [-0.3, -0.25) is 4.79 Å². The molecule has 2 aromatic heterocycles. The largest absolute Gasteiger partial charge is 0.437 e. The minimum absolute atomic E-state index is 0.144. The minimum atomic E-state index is -0.635. The molecule has 0 saturated heterocycles. The number of benzene rings is 1. The van der Waals surface area contributed by atoms with E-state index in [1.807, 2.05) is 11.4 Å². The summed E-state index contributed by atoms with van der Waals surface area (Å²) in [7, 11) is 0. The molecule has 0 N–H and O–H groups in total. The summed E-state index contributed by atoms with van der Waals surface area (Å²) < 4.78 is 6.99.